The second-order valence-electron chi connectivity index (χ2n) is 2.54. The van der Waals surface area contributed by atoms with E-state index in [0.717, 1.165) is 16.6 Å². The average Bonchev–Trinajstić information content (AvgIpc) is 2.46. The third kappa shape index (κ3) is 1.24. The summed E-state index contributed by atoms with van der Waals surface area (Å²) in [7, 11) is 0. The van der Waals surface area contributed by atoms with Crippen LogP contribution in [0.15, 0.2) is 12.1 Å². The lowest BCUT2D eigenvalue weighted by atomic mass is 10.4. The molecule has 0 spiro atoms. The molecular formula is C6H4F3N5. The SMILES string of the molecule is Nc1nnc2ccc(C(F)(F)F)nn12. The fraction of sp³-hybridized carbons (Fsp3) is 0.167. The van der Waals surface area contributed by atoms with Crippen LogP contribution in [-0.4, -0.2) is 19.8 Å². The summed E-state index contributed by atoms with van der Waals surface area (Å²) in [5, 5.41) is 10.1. The van der Waals surface area contributed by atoms with Gasteiger partial charge >= 0.3 is 6.18 Å². The summed E-state index contributed by atoms with van der Waals surface area (Å²) in [6.07, 6.45) is -4.50. The number of hydrogen-bond acceptors (Lipinski definition) is 4. The van der Waals surface area contributed by atoms with Crippen LogP contribution in [0.2, 0.25) is 0 Å². The van der Waals surface area contributed by atoms with Crippen LogP contribution in [0.1, 0.15) is 5.69 Å². The zero-order valence-corrected chi connectivity index (χ0v) is 6.65. The zero-order valence-electron chi connectivity index (χ0n) is 6.65. The van der Waals surface area contributed by atoms with Crippen LogP contribution in [0.25, 0.3) is 5.65 Å². The summed E-state index contributed by atoms with van der Waals surface area (Å²) in [5.41, 5.74) is 4.39. The number of aromatic nitrogens is 4. The van der Waals surface area contributed by atoms with E-state index in [9.17, 15) is 13.2 Å². The molecule has 2 heterocycles. The minimum atomic E-state index is -4.50. The minimum Gasteiger partial charge on any atom is -0.366 e. The first-order valence-electron chi connectivity index (χ1n) is 3.53. The van der Waals surface area contributed by atoms with E-state index in [2.05, 4.69) is 15.3 Å². The molecule has 0 radical (unpaired) electrons. The Hall–Kier alpha value is -1.86. The summed E-state index contributed by atoms with van der Waals surface area (Å²) >= 11 is 0. The normalized spacial score (nSPS) is 12.2. The molecule has 0 amide bonds. The third-order valence-electron chi connectivity index (χ3n) is 1.58. The maximum atomic E-state index is 12.2. The van der Waals surface area contributed by atoms with E-state index in [1.54, 1.807) is 0 Å². The molecule has 74 valence electrons. The van der Waals surface area contributed by atoms with Crippen molar-refractivity contribution in [2.45, 2.75) is 6.18 Å². The van der Waals surface area contributed by atoms with Crippen LogP contribution in [0, 0.1) is 0 Å². The fourth-order valence-corrected chi connectivity index (χ4v) is 0.957. The van der Waals surface area contributed by atoms with Gasteiger partial charge in [0.25, 0.3) is 0 Å². The summed E-state index contributed by atoms with van der Waals surface area (Å²) in [5.74, 6) is -0.175. The molecular weight excluding hydrogens is 199 g/mol. The van der Waals surface area contributed by atoms with E-state index >= 15 is 0 Å². The highest BCUT2D eigenvalue weighted by molar-refractivity contribution is 5.41. The molecule has 0 unspecified atom stereocenters. The Balaban J connectivity index is 2.66. The first-order chi connectivity index (χ1) is 6.48. The molecule has 2 rings (SSSR count). The zero-order chi connectivity index (χ0) is 10.3. The number of nitrogens with zero attached hydrogens (tertiary/aromatic N) is 4. The van der Waals surface area contributed by atoms with Gasteiger partial charge in [0.15, 0.2) is 11.3 Å². The molecule has 0 aliphatic rings. The lowest BCUT2D eigenvalue weighted by Crippen LogP contribution is -2.11. The van der Waals surface area contributed by atoms with Crippen LogP contribution in [0.5, 0.6) is 0 Å². The number of rotatable bonds is 0. The van der Waals surface area contributed by atoms with E-state index in [0.29, 0.717) is 0 Å². The standard InChI is InChI=1S/C6H4F3N5/c7-6(8,9)3-1-2-4-11-12-5(10)14(4)13-3/h1-2H,(H2,10,12). The molecule has 2 aromatic rings. The van der Waals surface area contributed by atoms with Gasteiger partial charge in [0.1, 0.15) is 0 Å². The second-order valence-corrected chi connectivity index (χ2v) is 2.54. The summed E-state index contributed by atoms with van der Waals surface area (Å²) in [4.78, 5) is 0. The van der Waals surface area contributed by atoms with E-state index < -0.39 is 11.9 Å². The van der Waals surface area contributed by atoms with Gasteiger partial charge in [-0.3, -0.25) is 0 Å². The molecule has 2 N–H and O–H groups in total. The molecule has 0 saturated carbocycles. The number of alkyl halides is 3. The molecule has 0 atom stereocenters. The Labute approximate surface area is 75.3 Å². The first kappa shape index (κ1) is 8.73. The quantitative estimate of drug-likeness (QED) is 0.685. The highest BCUT2D eigenvalue weighted by atomic mass is 19.4. The Kier molecular flexibility index (Phi) is 1.60. The van der Waals surface area contributed by atoms with Gasteiger partial charge in [-0.25, -0.2) is 0 Å². The summed E-state index contributed by atoms with van der Waals surface area (Å²) in [6, 6.07) is 1.97. The third-order valence-corrected chi connectivity index (χ3v) is 1.58. The van der Waals surface area contributed by atoms with Crippen molar-refractivity contribution in [2.75, 3.05) is 5.73 Å². The van der Waals surface area contributed by atoms with Crippen LogP contribution in [0.4, 0.5) is 19.1 Å². The molecule has 14 heavy (non-hydrogen) atoms. The molecule has 0 aromatic carbocycles. The Morgan fingerprint density at radius 1 is 1.21 bits per heavy atom. The number of nitrogen functional groups attached to an aromatic ring is 1. The van der Waals surface area contributed by atoms with Crippen molar-refractivity contribution in [2.24, 2.45) is 0 Å². The van der Waals surface area contributed by atoms with Gasteiger partial charge in [0.05, 0.1) is 0 Å². The highest BCUT2D eigenvalue weighted by Crippen LogP contribution is 2.27. The van der Waals surface area contributed by atoms with Crippen molar-refractivity contribution in [3.63, 3.8) is 0 Å². The lowest BCUT2D eigenvalue weighted by molar-refractivity contribution is -0.141. The molecule has 0 aliphatic heterocycles. The molecule has 0 bridgehead atoms. The molecule has 0 saturated heterocycles. The number of anilines is 1. The predicted octanol–water partition coefficient (Wildman–Crippen LogP) is 0.725. The number of halogens is 3. The smallest absolute Gasteiger partial charge is 0.366 e. The highest BCUT2D eigenvalue weighted by Gasteiger charge is 2.33. The van der Waals surface area contributed by atoms with Crippen molar-refractivity contribution in [1.29, 1.82) is 0 Å². The molecule has 8 heteroatoms. The van der Waals surface area contributed by atoms with E-state index in [4.69, 9.17) is 5.73 Å². The van der Waals surface area contributed by atoms with Crippen LogP contribution < -0.4 is 5.73 Å². The van der Waals surface area contributed by atoms with Gasteiger partial charge in [-0.1, -0.05) is 0 Å². The van der Waals surface area contributed by atoms with Crippen molar-refractivity contribution >= 4 is 11.6 Å². The van der Waals surface area contributed by atoms with Gasteiger partial charge in [0.2, 0.25) is 5.95 Å². The first-order valence-corrected chi connectivity index (χ1v) is 3.53. The predicted molar refractivity (Wildman–Crippen MR) is 40.2 cm³/mol. The van der Waals surface area contributed by atoms with Crippen LogP contribution in [-0.2, 0) is 6.18 Å². The van der Waals surface area contributed by atoms with Gasteiger partial charge in [-0.05, 0) is 12.1 Å². The lowest BCUT2D eigenvalue weighted by Gasteiger charge is -2.04. The summed E-state index contributed by atoms with van der Waals surface area (Å²) < 4.78 is 37.4. The van der Waals surface area contributed by atoms with Crippen molar-refractivity contribution < 1.29 is 13.2 Å². The molecule has 5 nitrogen and oxygen atoms in total. The largest absolute Gasteiger partial charge is 0.435 e. The number of nitrogens with two attached hydrogens (primary N) is 1. The van der Waals surface area contributed by atoms with E-state index in [1.165, 1.54) is 0 Å². The molecule has 0 fully saturated rings. The Morgan fingerprint density at radius 2 is 1.93 bits per heavy atom. The monoisotopic (exact) mass is 203 g/mol. The Morgan fingerprint density at radius 3 is 2.57 bits per heavy atom. The topological polar surface area (TPSA) is 69.1 Å². The van der Waals surface area contributed by atoms with E-state index in [1.807, 2.05) is 0 Å². The summed E-state index contributed by atoms with van der Waals surface area (Å²) in [6.45, 7) is 0. The van der Waals surface area contributed by atoms with Crippen molar-refractivity contribution in [3.8, 4) is 0 Å². The number of hydrogen-bond donors (Lipinski definition) is 1. The Bertz CT molecular complexity index is 474. The van der Waals surface area contributed by atoms with Gasteiger partial charge in [-0.15, -0.1) is 10.2 Å². The average molecular weight is 203 g/mol. The van der Waals surface area contributed by atoms with Crippen LogP contribution >= 0.6 is 0 Å². The number of fused-ring (bicyclic) bond motifs is 1. The maximum Gasteiger partial charge on any atom is 0.435 e. The van der Waals surface area contributed by atoms with Gasteiger partial charge in [0, 0.05) is 0 Å². The van der Waals surface area contributed by atoms with Gasteiger partial charge < -0.3 is 5.73 Å². The maximum absolute atomic E-state index is 12.2. The fourth-order valence-electron chi connectivity index (χ4n) is 0.957. The van der Waals surface area contributed by atoms with E-state index in [-0.39, 0.29) is 11.6 Å². The van der Waals surface area contributed by atoms with Crippen molar-refractivity contribution in [1.82, 2.24) is 19.8 Å². The van der Waals surface area contributed by atoms with Crippen molar-refractivity contribution in [3.05, 3.63) is 17.8 Å². The van der Waals surface area contributed by atoms with Gasteiger partial charge in [-0.2, -0.15) is 22.8 Å². The second kappa shape index (κ2) is 2.56. The van der Waals surface area contributed by atoms with Crippen LogP contribution in [0.3, 0.4) is 0 Å². The molecule has 2 aromatic heterocycles. The minimum absolute atomic E-state index is 0.175. The molecule has 0 aliphatic carbocycles.